The number of carbonyl (C=O) groups excluding carboxylic acids is 1. The normalized spacial score (nSPS) is 24.4. The van der Waals surface area contributed by atoms with Gasteiger partial charge in [-0.15, -0.1) is 11.6 Å². The van der Waals surface area contributed by atoms with Gasteiger partial charge in [0.1, 0.15) is 0 Å². The van der Waals surface area contributed by atoms with Crippen LogP contribution in [0.25, 0.3) is 0 Å². The molecule has 0 saturated carbocycles. The van der Waals surface area contributed by atoms with E-state index in [-0.39, 0.29) is 5.78 Å². The van der Waals surface area contributed by atoms with Crippen LogP contribution < -0.4 is 0 Å². The van der Waals surface area contributed by atoms with Crippen molar-refractivity contribution in [1.29, 1.82) is 0 Å². The number of allylic oxidation sites excluding steroid dienone is 2. The second-order valence-corrected chi connectivity index (χ2v) is 2.94. The van der Waals surface area contributed by atoms with E-state index in [1.165, 1.54) is 6.26 Å². The minimum Gasteiger partial charge on any atom is -0.486 e. The monoisotopic (exact) mass is 172 g/mol. The van der Waals surface area contributed by atoms with E-state index in [9.17, 15) is 4.79 Å². The summed E-state index contributed by atoms with van der Waals surface area (Å²) in [4.78, 5) is 11.2. The lowest BCUT2D eigenvalue weighted by Crippen LogP contribution is -2.27. The maximum Gasteiger partial charge on any atom is 0.194 e. The summed E-state index contributed by atoms with van der Waals surface area (Å²) in [6.07, 6.45) is 6.17. The third kappa shape index (κ3) is 2.09. The maximum absolute atomic E-state index is 11.2. The van der Waals surface area contributed by atoms with Crippen LogP contribution in [0.15, 0.2) is 24.5 Å². The Bertz CT molecular complexity index is 206. The fourth-order valence-corrected chi connectivity index (χ4v) is 0.898. The van der Waals surface area contributed by atoms with Gasteiger partial charge in [0.05, 0.1) is 11.6 Å². The van der Waals surface area contributed by atoms with E-state index in [2.05, 4.69) is 0 Å². The SMILES string of the molecule is C[C@H](Cl)C(=O)[C@H]1C=CC=CO1. The highest BCUT2D eigenvalue weighted by atomic mass is 35.5. The fraction of sp³-hybridized carbons (Fsp3) is 0.375. The van der Waals surface area contributed by atoms with Crippen molar-refractivity contribution < 1.29 is 9.53 Å². The molecule has 2 nitrogen and oxygen atoms in total. The third-order valence-electron chi connectivity index (χ3n) is 1.37. The van der Waals surface area contributed by atoms with Gasteiger partial charge in [0.2, 0.25) is 0 Å². The highest BCUT2D eigenvalue weighted by molar-refractivity contribution is 6.31. The van der Waals surface area contributed by atoms with Crippen LogP contribution in [0, 0.1) is 0 Å². The number of halogens is 1. The molecule has 0 N–H and O–H groups in total. The second-order valence-electron chi connectivity index (χ2n) is 2.29. The van der Waals surface area contributed by atoms with Gasteiger partial charge in [-0.25, -0.2) is 0 Å². The lowest BCUT2D eigenvalue weighted by molar-refractivity contribution is -0.124. The topological polar surface area (TPSA) is 26.3 Å². The first kappa shape index (κ1) is 8.34. The molecule has 0 spiro atoms. The van der Waals surface area contributed by atoms with E-state index >= 15 is 0 Å². The number of Topliss-reactive ketones (excluding diaryl/α,β-unsaturated/α-hetero) is 1. The smallest absolute Gasteiger partial charge is 0.194 e. The van der Waals surface area contributed by atoms with E-state index < -0.39 is 11.5 Å². The van der Waals surface area contributed by atoms with Crippen LogP contribution in [0.4, 0.5) is 0 Å². The van der Waals surface area contributed by atoms with Crippen LogP contribution in [0.2, 0.25) is 0 Å². The molecule has 3 heteroatoms. The summed E-state index contributed by atoms with van der Waals surface area (Å²) < 4.78 is 5.00. The van der Waals surface area contributed by atoms with Gasteiger partial charge in [-0.2, -0.15) is 0 Å². The second kappa shape index (κ2) is 3.58. The molecule has 0 bridgehead atoms. The molecular formula is C8H9ClO2. The molecule has 2 atom stereocenters. The van der Waals surface area contributed by atoms with Gasteiger partial charge >= 0.3 is 0 Å². The molecule has 1 rings (SSSR count). The summed E-state index contributed by atoms with van der Waals surface area (Å²) in [6, 6.07) is 0. The van der Waals surface area contributed by atoms with Gasteiger partial charge in [-0.3, -0.25) is 4.79 Å². The minimum atomic E-state index is -0.493. The standard InChI is InChI=1S/C8H9ClO2/c1-6(9)8(10)7-4-2-3-5-11-7/h2-7H,1H3/t6-,7+/m0/s1. The first-order valence-corrected chi connectivity index (χ1v) is 3.82. The molecule has 0 fully saturated rings. The van der Waals surface area contributed by atoms with Crippen molar-refractivity contribution in [1.82, 2.24) is 0 Å². The predicted octanol–water partition coefficient (Wildman–Crippen LogP) is 1.65. The molecule has 1 aliphatic rings. The average Bonchev–Trinajstić information content (AvgIpc) is 2.05. The summed E-state index contributed by atoms with van der Waals surface area (Å²) >= 11 is 5.57. The van der Waals surface area contributed by atoms with Gasteiger partial charge < -0.3 is 4.74 Å². The van der Waals surface area contributed by atoms with Crippen LogP contribution in [0.3, 0.4) is 0 Å². The third-order valence-corrected chi connectivity index (χ3v) is 1.59. The summed E-state index contributed by atoms with van der Waals surface area (Å²) in [6.45, 7) is 1.64. The van der Waals surface area contributed by atoms with Crippen molar-refractivity contribution in [3.8, 4) is 0 Å². The van der Waals surface area contributed by atoms with Crippen molar-refractivity contribution in [2.75, 3.05) is 0 Å². The van der Waals surface area contributed by atoms with Gasteiger partial charge in [0.25, 0.3) is 0 Å². The Balaban J connectivity index is 2.55. The Morgan fingerprint density at radius 2 is 2.36 bits per heavy atom. The van der Waals surface area contributed by atoms with E-state index in [0.29, 0.717) is 0 Å². The number of rotatable bonds is 2. The summed E-state index contributed by atoms with van der Waals surface area (Å²) in [7, 11) is 0. The molecule has 0 aliphatic carbocycles. The minimum absolute atomic E-state index is 0.104. The van der Waals surface area contributed by atoms with Gasteiger partial charge in [0.15, 0.2) is 11.9 Å². The Morgan fingerprint density at radius 3 is 2.82 bits per heavy atom. The van der Waals surface area contributed by atoms with E-state index in [1.54, 1.807) is 25.2 Å². The van der Waals surface area contributed by atoms with Crippen LogP contribution >= 0.6 is 11.6 Å². The first-order valence-electron chi connectivity index (χ1n) is 3.38. The quantitative estimate of drug-likeness (QED) is 0.592. The summed E-state index contributed by atoms with van der Waals surface area (Å²) in [5, 5.41) is -0.490. The Kier molecular flexibility index (Phi) is 2.71. The Morgan fingerprint density at radius 1 is 1.64 bits per heavy atom. The molecule has 0 aromatic carbocycles. The number of hydrogen-bond donors (Lipinski definition) is 0. The highest BCUT2D eigenvalue weighted by Gasteiger charge is 2.20. The van der Waals surface area contributed by atoms with Crippen LogP contribution in [0.5, 0.6) is 0 Å². The fourth-order valence-electron chi connectivity index (χ4n) is 0.774. The predicted molar refractivity (Wildman–Crippen MR) is 43.5 cm³/mol. The maximum atomic E-state index is 11.2. The molecule has 1 aliphatic heterocycles. The molecule has 0 aromatic rings. The molecule has 0 radical (unpaired) electrons. The molecule has 0 saturated heterocycles. The zero-order chi connectivity index (χ0) is 8.27. The molecule has 1 heterocycles. The number of carbonyl (C=O) groups is 1. The molecule has 11 heavy (non-hydrogen) atoms. The lowest BCUT2D eigenvalue weighted by Gasteiger charge is -2.14. The highest BCUT2D eigenvalue weighted by Crippen LogP contribution is 2.08. The molecule has 0 aromatic heterocycles. The van der Waals surface area contributed by atoms with Crippen molar-refractivity contribution >= 4 is 17.4 Å². The number of alkyl halides is 1. The molecule has 0 unspecified atom stereocenters. The van der Waals surface area contributed by atoms with Crippen molar-refractivity contribution in [3.05, 3.63) is 24.5 Å². The van der Waals surface area contributed by atoms with E-state index in [4.69, 9.17) is 16.3 Å². The number of ketones is 1. The summed E-state index contributed by atoms with van der Waals surface area (Å²) in [5.74, 6) is -0.104. The molecule has 60 valence electrons. The van der Waals surface area contributed by atoms with Crippen molar-refractivity contribution in [2.45, 2.75) is 18.4 Å². The van der Waals surface area contributed by atoms with Gasteiger partial charge in [0, 0.05) is 0 Å². The first-order chi connectivity index (χ1) is 5.22. The van der Waals surface area contributed by atoms with Crippen LogP contribution in [-0.2, 0) is 9.53 Å². The van der Waals surface area contributed by atoms with Crippen LogP contribution in [0.1, 0.15) is 6.92 Å². The zero-order valence-corrected chi connectivity index (χ0v) is 6.91. The Hall–Kier alpha value is -0.760. The van der Waals surface area contributed by atoms with Crippen molar-refractivity contribution in [3.63, 3.8) is 0 Å². The van der Waals surface area contributed by atoms with Gasteiger partial charge in [-0.05, 0) is 19.1 Å². The van der Waals surface area contributed by atoms with Crippen LogP contribution in [-0.4, -0.2) is 17.3 Å². The van der Waals surface area contributed by atoms with E-state index in [0.717, 1.165) is 0 Å². The lowest BCUT2D eigenvalue weighted by atomic mass is 10.1. The molecular weight excluding hydrogens is 164 g/mol. The van der Waals surface area contributed by atoms with Gasteiger partial charge in [-0.1, -0.05) is 6.08 Å². The Labute approximate surface area is 70.5 Å². The largest absolute Gasteiger partial charge is 0.486 e. The zero-order valence-electron chi connectivity index (χ0n) is 6.16. The number of ether oxygens (including phenoxy) is 1. The molecule has 0 amide bonds. The van der Waals surface area contributed by atoms with Crippen molar-refractivity contribution in [2.24, 2.45) is 0 Å². The summed E-state index contributed by atoms with van der Waals surface area (Å²) in [5.41, 5.74) is 0. The van der Waals surface area contributed by atoms with E-state index in [1.807, 2.05) is 0 Å². The number of hydrogen-bond acceptors (Lipinski definition) is 2. The average molecular weight is 173 g/mol.